The monoisotopic (exact) mass is 286 g/mol. The number of benzene rings is 2. The van der Waals surface area contributed by atoms with E-state index in [1.807, 2.05) is 6.92 Å². The molecular weight excluding hydrogens is 264 g/mol. The Morgan fingerprint density at radius 3 is 1.81 bits per heavy atom. The maximum Gasteiger partial charge on any atom is 0.158 e. The van der Waals surface area contributed by atoms with Crippen LogP contribution in [0, 0.1) is 0 Å². The largest absolute Gasteiger partial charge is 0.508 e. The lowest BCUT2D eigenvalue weighted by Crippen LogP contribution is -2.01. The minimum absolute atomic E-state index is 0.137. The zero-order valence-electron chi connectivity index (χ0n) is 12.8. The fraction of sp³-hybridized carbons (Fsp3) is 0.333. The lowest BCUT2D eigenvalue weighted by atomic mass is 9.87. The Bertz CT molecular complexity index is 660. The van der Waals surface area contributed by atoms with Crippen LogP contribution in [0.5, 0.6) is 17.2 Å². The molecule has 112 valence electrons. The van der Waals surface area contributed by atoms with Crippen LogP contribution in [0.15, 0.2) is 24.3 Å². The Hall–Kier alpha value is -2.16. The second-order valence-electron chi connectivity index (χ2n) is 5.14. The predicted octanol–water partition coefficient (Wildman–Crippen LogP) is 4.16. The molecule has 21 heavy (non-hydrogen) atoms. The van der Waals surface area contributed by atoms with Gasteiger partial charge in [-0.25, -0.2) is 0 Å². The average molecular weight is 286 g/mol. The highest BCUT2D eigenvalue weighted by molar-refractivity contribution is 5.74. The summed E-state index contributed by atoms with van der Waals surface area (Å²) >= 11 is 0. The summed E-state index contributed by atoms with van der Waals surface area (Å²) in [6.07, 6.45) is 2.51. The van der Waals surface area contributed by atoms with Crippen LogP contribution in [0.4, 0.5) is 0 Å². The second-order valence-corrected chi connectivity index (χ2v) is 5.14. The zero-order valence-corrected chi connectivity index (χ0v) is 12.8. The van der Waals surface area contributed by atoms with E-state index < -0.39 is 0 Å². The van der Waals surface area contributed by atoms with Gasteiger partial charge in [0.1, 0.15) is 5.75 Å². The Morgan fingerprint density at radius 1 is 0.667 bits per heavy atom. The molecule has 0 bridgehead atoms. The van der Waals surface area contributed by atoms with Crippen molar-refractivity contribution in [1.82, 2.24) is 0 Å². The standard InChI is InChI=1S/C18H22O3/c1-4-12-13(5-2)15(10-17(20)14(12)6-3)11-7-8-16(19)18(21)9-11/h7-10,19-21H,4-6H2,1-3H3. The molecule has 3 nitrogen and oxygen atoms in total. The topological polar surface area (TPSA) is 60.7 Å². The minimum Gasteiger partial charge on any atom is -0.508 e. The third-order valence-electron chi connectivity index (χ3n) is 3.99. The van der Waals surface area contributed by atoms with E-state index in [2.05, 4.69) is 13.8 Å². The van der Waals surface area contributed by atoms with Crippen molar-refractivity contribution in [1.29, 1.82) is 0 Å². The van der Waals surface area contributed by atoms with Crippen LogP contribution in [0.25, 0.3) is 11.1 Å². The first-order chi connectivity index (χ1) is 10.0. The molecule has 0 heterocycles. The van der Waals surface area contributed by atoms with E-state index >= 15 is 0 Å². The molecule has 0 saturated carbocycles. The molecule has 0 fully saturated rings. The lowest BCUT2D eigenvalue weighted by Gasteiger charge is -2.18. The molecule has 2 aromatic carbocycles. The number of phenols is 3. The number of rotatable bonds is 4. The van der Waals surface area contributed by atoms with Gasteiger partial charge >= 0.3 is 0 Å². The minimum atomic E-state index is -0.147. The molecule has 0 atom stereocenters. The molecular formula is C18H22O3. The van der Waals surface area contributed by atoms with Gasteiger partial charge in [0, 0.05) is 0 Å². The molecule has 0 aliphatic carbocycles. The molecule has 0 aromatic heterocycles. The fourth-order valence-corrected chi connectivity index (χ4v) is 2.98. The van der Waals surface area contributed by atoms with Crippen LogP contribution < -0.4 is 0 Å². The van der Waals surface area contributed by atoms with Crippen LogP contribution in [0.2, 0.25) is 0 Å². The van der Waals surface area contributed by atoms with Gasteiger partial charge in [-0.1, -0.05) is 26.8 Å². The van der Waals surface area contributed by atoms with Gasteiger partial charge in [-0.15, -0.1) is 0 Å². The quantitative estimate of drug-likeness (QED) is 0.740. The normalized spacial score (nSPS) is 10.8. The Balaban J connectivity index is 2.73. The summed E-state index contributed by atoms with van der Waals surface area (Å²) in [5, 5.41) is 29.5. The molecule has 0 amide bonds. The SMILES string of the molecule is CCc1c(O)cc(-c2ccc(O)c(O)c2)c(CC)c1CC. The van der Waals surface area contributed by atoms with E-state index in [1.54, 1.807) is 12.1 Å². The van der Waals surface area contributed by atoms with E-state index in [0.717, 1.165) is 36.0 Å². The smallest absolute Gasteiger partial charge is 0.158 e. The third kappa shape index (κ3) is 2.68. The summed E-state index contributed by atoms with van der Waals surface area (Å²) in [6, 6.07) is 6.53. The summed E-state index contributed by atoms with van der Waals surface area (Å²) in [7, 11) is 0. The van der Waals surface area contributed by atoms with Crippen LogP contribution in [-0.4, -0.2) is 15.3 Å². The number of phenolic OH excluding ortho intramolecular Hbond substituents is 3. The molecule has 0 aliphatic rings. The molecule has 0 radical (unpaired) electrons. The number of aromatic hydroxyl groups is 3. The number of hydrogen-bond acceptors (Lipinski definition) is 3. The summed E-state index contributed by atoms with van der Waals surface area (Å²) in [5.74, 6) is 0.0164. The Kier molecular flexibility index (Phi) is 4.41. The molecule has 0 spiro atoms. The zero-order chi connectivity index (χ0) is 15.6. The van der Waals surface area contributed by atoms with Gasteiger partial charge in [0.15, 0.2) is 11.5 Å². The summed E-state index contributed by atoms with van der Waals surface area (Å²) in [6.45, 7) is 6.22. The van der Waals surface area contributed by atoms with Crippen molar-refractivity contribution in [3.8, 4) is 28.4 Å². The summed E-state index contributed by atoms with van der Waals surface area (Å²) in [4.78, 5) is 0. The highest BCUT2D eigenvalue weighted by Gasteiger charge is 2.16. The molecule has 3 heteroatoms. The molecule has 2 rings (SSSR count). The summed E-state index contributed by atoms with van der Waals surface area (Å²) in [5.41, 5.74) is 5.09. The molecule has 3 N–H and O–H groups in total. The first kappa shape index (κ1) is 15.2. The maximum absolute atomic E-state index is 10.3. The van der Waals surface area contributed by atoms with Gasteiger partial charge in [-0.2, -0.15) is 0 Å². The van der Waals surface area contributed by atoms with E-state index in [0.29, 0.717) is 5.75 Å². The lowest BCUT2D eigenvalue weighted by molar-refractivity contribution is 0.404. The molecule has 2 aromatic rings. The van der Waals surface area contributed by atoms with Gasteiger partial charge in [0.05, 0.1) is 0 Å². The van der Waals surface area contributed by atoms with Crippen molar-refractivity contribution in [2.75, 3.05) is 0 Å². The summed E-state index contributed by atoms with van der Waals surface area (Å²) < 4.78 is 0. The number of hydrogen-bond donors (Lipinski definition) is 3. The van der Waals surface area contributed by atoms with Gasteiger partial charge < -0.3 is 15.3 Å². The Morgan fingerprint density at radius 2 is 1.29 bits per heavy atom. The van der Waals surface area contributed by atoms with Crippen LogP contribution in [0.3, 0.4) is 0 Å². The van der Waals surface area contributed by atoms with E-state index in [1.165, 1.54) is 23.3 Å². The van der Waals surface area contributed by atoms with Gasteiger partial charge in [0.2, 0.25) is 0 Å². The van der Waals surface area contributed by atoms with Crippen molar-refractivity contribution in [3.05, 3.63) is 41.0 Å². The fourth-order valence-electron chi connectivity index (χ4n) is 2.98. The average Bonchev–Trinajstić information content (AvgIpc) is 2.48. The highest BCUT2D eigenvalue weighted by Crippen LogP contribution is 2.38. The van der Waals surface area contributed by atoms with Crippen LogP contribution in [-0.2, 0) is 19.3 Å². The van der Waals surface area contributed by atoms with Gasteiger partial charge in [-0.3, -0.25) is 0 Å². The molecule has 0 unspecified atom stereocenters. The van der Waals surface area contributed by atoms with Crippen molar-refractivity contribution >= 4 is 0 Å². The van der Waals surface area contributed by atoms with Crippen LogP contribution in [0.1, 0.15) is 37.5 Å². The molecule has 0 saturated heterocycles. The second kappa shape index (κ2) is 6.08. The van der Waals surface area contributed by atoms with Crippen molar-refractivity contribution in [3.63, 3.8) is 0 Å². The highest BCUT2D eigenvalue weighted by atomic mass is 16.3. The first-order valence-electron chi connectivity index (χ1n) is 7.42. The van der Waals surface area contributed by atoms with Crippen LogP contribution >= 0.6 is 0 Å². The van der Waals surface area contributed by atoms with Crippen molar-refractivity contribution in [2.24, 2.45) is 0 Å². The van der Waals surface area contributed by atoms with E-state index in [9.17, 15) is 15.3 Å². The Labute approximate surface area is 125 Å². The first-order valence-corrected chi connectivity index (χ1v) is 7.42. The van der Waals surface area contributed by atoms with E-state index in [4.69, 9.17) is 0 Å². The maximum atomic E-state index is 10.3. The van der Waals surface area contributed by atoms with E-state index in [-0.39, 0.29) is 11.5 Å². The van der Waals surface area contributed by atoms with Crippen molar-refractivity contribution < 1.29 is 15.3 Å². The van der Waals surface area contributed by atoms with Crippen molar-refractivity contribution in [2.45, 2.75) is 40.0 Å². The van der Waals surface area contributed by atoms with Gasteiger partial charge in [0.25, 0.3) is 0 Å². The molecule has 0 aliphatic heterocycles. The third-order valence-corrected chi connectivity index (χ3v) is 3.99. The van der Waals surface area contributed by atoms with Gasteiger partial charge in [-0.05, 0) is 65.3 Å². The predicted molar refractivity (Wildman–Crippen MR) is 85.0 cm³/mol.